The highest BCUT2D eigenvalue weighted by atomic mass is 16.5. The first-order valence-electron chi connectivity index (χ1n) is 19.9. The maximum Gasteiger partial charge on any atom is 0.408 e. The van der Waals surface area contributed by atoms with Crippen LogP contribution in [0.2, 0.25) is 0 Å². The van der Waals surface area contributed by atoms with Crippen LogP contribution in [-0.2, 0) is 45.1 Å². The molecule has 0 radical (unpaired) electrons. The summed E-state index contributed by atoms with van der Waals surface area (Å²) in [5.74, 6) is -2.16. The number of fused-ring (bicyclic) bond motifs is 1. The number of alkyl carbamates (subject to hydrolysis) is 1. The third-order valence-electron chi connectivity index (χ3n) is 10.00. The minimum absolute atomic E-state index is 0.0249. The lowest BCUT2D eigenvalue weighted by atomic mass is 9.93. The van der Waals surface area contributed by atoms with E-state index in [2.05, 4.69) is 31.6 Å². The van der Waals surface area contributed by atoms with Crippen molar-refractivity contribution in [3.63, 3.8) is 0 Å². The average molecular weight is 789 g/mol. The topological polar surface area (TPSA) is 174 Å². The Hall–Kier alpha value is -5.98. The molecule has 1 heterocycles. The molecule has 5 aromatic rings. The molecule has 0 unspecified atom stereocenters. The molecule has 0 saturated heterocycles. The maximum atomic E-state index is 14.4. The number of H-pyrrole nitrogens is 1. The highest BCUT2D eigenvalue weighted by Gasteiger charge is 2.38. The average Bonchev–Trinajstić information content (AvgIpc) is 3.65. The molecule has 7 N–H and O–H groups in total. The van der Waals surface area contributed by atoms with E-state index in [0.717, 1.165) is 33.3 Å². The highest BCUT2D eigenvalue weighted by Crippen LogP contribution is 2.16. The molecule has 58 heavy (non-hydrogen) atoms. The molecule has 0 fully saturated rings. The lowest BCUT2D eigenvalue weighted by Crippen LogP contribution is -2.63. The van der Waals surface area contributed by atoms with Crippen molar-refractivity contribution in [3.8, 4) is 0 Å². The van der Waals surface area contributed by atoms with E-state index in [1.807, 2.05) is 135 Å². The summed E-state index contributed by atoms with van der Waals surface area (Å²) in [5, 5.41) is 28.0. The predicted molar refractivity (Wildman–Crippen MR) is 225 cm³/mol. The second kappa shape index (κ2) is 21.5. The number of carbonyl (C=O) groups is 4. The van der Waals surface area contributed by atoms with Crippen LogP contribution in [0.5, 0.6) is 0 Å². The Kier molecular flexibility index (Phi) is 16.0. The minimum atomic E-state index is -1.48. The van der Waals surface area contributed by atoms with E-state index in [-0.39, 0.29) is 43.9 Å². The zero-order chi connectivity index (χ0) is 41.4. The Bertz CT molecular complexity index is 2020. The molecule has 0 bridgehead atoms. The Labute approximate surface area is 340 Å². The Morgan fingerprint density at radius 3 is 1.81 bits per heavy atom. The number of rotatable bonds is 20. The first-order valence-corrected chi connectivity index (χ1v) is 19.9. The number of ether oxygens (including phenoxy) is 1. The van der Waals surface area contributed by atoms with Gasteiger partial charge in [0.15, 0.2) is 0 Å². The first-order chi connectivity index (χ1) is 28.0. The highest BCUT2D eigenvalue weighted by molar-refractivity contribution is 5.91. The molecule has 4 amide bonds. The minimum Gasteiger partial charge on any atom is -0.445 e. The van der Waals surface area contributed by atoms with E-state index in [1.54, 1.807) is 13.8 Å². The van der Waals surface area contributed by atoms with Crippen LogP contribution < -0.4 is 26.6 Å². The van der Waals surface area contributed by atoms with Crippen molar-refractivity contribution in [3.05, 3.63) is 144 Å². The van der Waals surface area contributed by atoms with Gasteiger partial charge in [0.05, 0.1) is 12.1 Å². The van der Waals surface area contributed by atoms with Gasteiger partial charge in [-0.25, -0.2) is 4.79 Å². The lowest BCUT2D eigenvalue weighted by molar-refractivity contribution is -0.133. The SMILES string of the molecule is CC(C)[C@H](NC(=O)OCc1ccccc1)C(=O)N[C@@H](Cc1ccccc1)[C@@H](O)[C@@H](NCCc1cc2ccccc2[nH]1)C(=O)N[C@H](C(=O)NCc1ccccc1)C(C)C. The molecule has 1 aromatic heterocycles. The van der Waals surface area contributed by atoms with Crippen LogP contribution >= 0.6 is 0 Å². The summed E-state index contributed by atoms with van der Waals surface area (Å²) in [6.07, 6.45) is -1.59. The quantitative estimate of drug-likeness (QED) is 0.0571. The summed E-state index contributed by atoms with van der Waals surface area (Å²) in [5.41, 5.74) is 4.43. The zero-order valence-corrected chi connectivity index (χ0v) is 33.6. The van der Waals surface area contributed by atoms with Crippen LogP contribution in [0.3, 0.4) is 0 Å². The van der Waals surface area contributed by atoms with E-state index >= 15 is 0 Å². The maximum absolute atomic E-state index is 14.4. The second-order valence-electron chi connectivity index (χ2n) is 15.2. The summed E-state index contributed by atoms with van der Waals surface area (Å²) in [7, 11) is 0. The number of amides is 4. The summed E-state index contributed by atoms with van der Waals surface area (Å²) in [6.45, 7) is 7.85. The van der Waals surface area contributed by atoms with Gasteiger partial charge in [0.2, 0.25) is 17.7 Å². The number of aliphatic hydroxyl groups excluding tert-OH is 1. The van der Waals surface area contributed by atoms with Gasteiger partial charge in [0, 0.05) is 24.3 Å². The molecule has 306 valence electrons. The molecule has 0 aliphatic rings. The van der Waals surface area contributed by atoms with Crippen molar-refractivity contribution in [2.45, 2.75) is 84.0 Å². The third-order valence-corrected chi connectivity index (χ3v) is 10.00. The van der Waals surface area contributed by atoms with Gasteiger partial charge >= 0.3 is 6.09 Å². The fourth-order valence-corrected chi connectivity index (χ4v) is 6.73. The van der Waals surface area contributed by atoms with Gasteiger partial charge in [-0.05, 0) is 58.9 Å². The number of nitrogens with one attached hydrogen (secondary N) is 6. The molecule has 4 aromatic carbocycles. The number of carbonyl (C=O) groups excluding carboxylic acids is 4. The molecule has 0 saturated carbocycles. The van der Waals surface area contributed by atoms with Crippen LogP contribution in [0, 0.1) is 11.8 Å². The lowest BCUT2D eigenvalue weighted by Gasteiger charge is -2.33. The molecule has 0 spiro atoms. The van der Waals surface area contributed by atoms with Gasteiger partial charge < -0.3 is 41.4 Å². The molecule has 12 heteroatoms. The Morgan fingerprint density at radius 1 is 0.638 bits per heavy atom. The second-order valence-corrected chi connectivity index (χ2v) is 15.2. The fourth-order valence-electron chi connectivity index (χ4n) is 6.73. The van der Waals surface area contributed by atoms with E-state index in [4.69, 9.17) is 4.74 Å². The van der Waals surface area contributed by atoms with Crippen molar-refractivity contribution in [2.75, 3.05) is 6.54 Å². The van der Waals surface area contributed by atoms with Crippen LogP contribution in [0.1, 0.15) is 50.1 Å². The van der Waals surface area contributed by atoms with Crippen molar-refractivity contribution >= 4 is 34.7 Å². The van der Waals surface area contributed by atoms with E-state index < -0.39 is 48.2 Å². The first kappa shape index (κ1) is 43.1. The fraction of sp³-hybridized carbons (Fsp3) is 0.348. The van der Waals surface area contributed by atoms with Gasteiger partial charge in [-0.2, -0.15) is 0 Å². The molecule has 5 atom stereocenters. The molecular formula is C46H56N6O6. The van der Waals surface area contributed by atoms with E-state index in [9.17, 15) is 24.3 Å². The van der Waals surface area contributed by atoms with Gasteiger partial charge in [-0.1, -0.05) is 137 Å². The van der Waals surface area contributed by atoms with Crippen molar-refractivity contribution in [1.82, 2.24) is 31.6 Å². The van der Waals surface area contributed by atoms with Gasteiger partial charge in [-0.15, -0.1) is 0 Å². The zero-order valence-electron chi connectivity index (χ0n) is 33.6. The number of hydrogen-bond donors (Lipinski definition) is 7. The number of para-hydroxylation sites is 1. The summed E-state index contributed by atoms with van der Waals surface area (Å²) in [6, 6.07) is 33.7. The number of aliphatic hydroxyl groups is 1. The normalized spacial score (nSPS) is 13.9. The van der Waals surface area contributed by atoms with Crippen molar-refractivity contribution in [2.24, 2.45) is 11.8 Å². The standard InChI is InChI=1S/C46H56N6O6/c1-30(2)39(43(54)48-28-33-18-10-6-11-19-33)51-45(56)41(47-25-24-36-27-35-22-14-15-23-37(35)49-36)42(53)38(26-32-16-8-5-9-17-32)50-44(55)40(31(3)4)52-46(57)58-29-34-20-12-7-13-21-34/h5-23,27,30-31,38-42,47,49,53H,24-26,28-29H2,1-4H3,(H,48,54)(H,50,55)(H,51,56)(H,52,57)/t38-,39-,40-,41+,42+/m0/s1. The van der Waals surface area contributed by atoms with Gasteiger partial charge in [-0.3, -0.25) is 14.4 Å². The number of hydrogen-bond acceptors (Lipinski definition) is 7. The molecule has 5 rings (SSSR count). The monoisotopic (exact) mass is 788 g/mol. The molecule has 0 aliphatic heterocycles. The van der Waals surface area contributed by atoms with Crippen LogP contribution in [0.4, 0.5) is 4.79 Å². The van der Waals surface area contributed by atoms with Gasteiger partial charge in [0.1, 0.15) is 24.7 Å². The number of aromatic amines is 1. The van der Waals surface area contributed by atoms with Crippen LogP contribution in [0.15, 0.2) is 121 Å². The van der Waals surface area contributed by atoms with Crippen molar-refractivity contribution < 1.29 is 29.0 Å². The molecule has 0 aliphatic carbocycles. The summed E-state index contributed by atoms with van der Waals surface area (Å²) >= 11 is 0. The summed E-state index contributed by atoms with van der Waals surface area (Å²) in [4.78, 5) is 58.3. The largest absolute Gasteiger partial charge is 0.445 e. The summed E-state index contributed by atoms with van der Waals surface area (Å²) < 4.78 is 5.42. The molecular weight excluding hydrogens is 733 g/mol. The predicted octanol–water partition coefficient (Wildman–Crippen LogP) is 5.17. The van der Waals surface area contributed by atoms with E-state index in [1.165, 1.54) is 0 Å². The Morgan fingerprint density at radius 2 is 1.19 bits per heavy atom. The third kappa shape index (κ3) is 12.8. The van der Waals surface area contributed by atoms with E-state index in [0.29, 0.717) is 6.42 Å². The number of benzene rings is 4. The van der Waals surface area contributed by atoms with Crippen molar-refractivity contribution in [1.29, 1.82) is 0 Å². The smallest absolute Gasteiger partial charge is 0.408 e. The van der Waals surface area contributed by atoms with Crippen LogP contribution in [0.25, 0.3) is 10.9 Å². The molecule has 12 nitrogen and oxygen atoms in total. The number of aromatic nitrogens is 1. The Balaban J connectivity index is 1.37. The van der Waals surface area contributed by atoms with Gasteiger partial charge in [0.25, 0.3) is 0 Å². The van der Waals surface area contributed by atoms with Crippen LogP contribution in [-0.4, -0.2) is 70.7 Å².